The topological polar surface area (TPSA) is 42.2 Å². The molecule has 2 aromatic rings. The Morgan fingerprint density at radius 1 is 1.27 bits per heavy atom. The third kappa shape index (κ3) is 1.74. The van der Waals surface area contributed by atoms with Crippen LogP contribution in [0, 0.1) is 5.82 Å². The van der Waals surface area contributed by atoms with Gasteiger partial charge in [0.2, 0.25) is 0 Å². The molecule has 0 saturated carbocycles. The largest absolute Gasteiger partial charge is 0.478 e. The van der Waals surface area contributed by atoms with Crippen molar-refractivity contribution in [1.29, 1.82) is 0 Å². The molecule has 0 fully saturated rings. The molecular weight excluding hydrogens is 197 g/mol. The molecule has 3 nitrogen and oxygen atoms in total. The number of hydrogen-bond acceptors (Lipinski definition) is 1. The van der Waals surface area contributed by atoms with E-state index in [4.69, 9.17) is 5.11 Å². The van der Waals surface area contributed by atoms with Gasteiger partial charge in [0.25, 0.3) is 0 Å². The number of carbonyl (C=O) groups is 1. The van der Waals surface area contributed by atoms with E-state index >= 15 is 0 Å². The van der Waals surface area contributed by atoms with Crippen molar-refractivity contribution >= 4 is 5.97 Å². The minimum atomic E-state index is -1.14. The fourth-order valence-electron chi connectivity index (χ4n) is 1.40. The Labute approximate surface area is 85.4 Å². The van der Waals surface area contributed by atoms with Crippen LogP contribution in [0.25, 0.3) is 5.69 Å². The number of aromatic nitrogens is 1. The molecule has 0 aliphatic carbocycles. The number of nitrogens with zero attached hydrogens (tertiary/aromatic N) is 1. The fourth-order valence-corrected chi connectivity index (χ4v) is 1.40. The maximum Gasteiger partial charge on any atom is 0.337 e. The van der Waals surface area contributed by atoms with E-state index in [9.17, 15) is 9.18 Å². The third-order valence-electron chi connectivity index (χ3n) is 2.07. The van der Waals surface area contributed by atoms with Crippen LogP contribution in [-0.2, 0) is 0 Å². The van der Waals surface area contributed by atoms with Gasteiger partial charge in [0.05, 0.1) is 11.3 Å². The van der Waals surface area contributed by atoms with E-state index < -0.39 is 11.8 Å². The van der Waals surface area contributed by atoms with Gasteiger partial charge in [-0.25, -0.2) is 9.18 Å². The molecule has 4 heteroatoms. The predicted octanol–water partition coefficient (Wildman–Crippen LogP) is 2.31. The van der Waals surface area contributed by atoms with Gasteiger partial charge in [-0.2, -0.15) is 0 Å². The van der Waals surface area contributed by atoms with Crippen molar-refractivity contribution in [1.82, 2.24) is 4.57 Å². The number of carboxylic acids is 1. The minimum absolute atomic E-state index is 0.0498. The maximum atomic E-state index is 12.9. The zero-order chi connectivity index (χ0) is 10.8. The first-order chi connectivity index (χ1) is 7.18. The monoisotopic (exact) mass is 205 g/mol. The fraction of sp³-hybridized carbons (Fsp3) is 0. The molecular formula is C11H8FNO2. The Morgan fingerprint density at radius 3 is 2.53 bits per heavy atom. The summed E-state index contributed by atoms with van der Waals surface area (Å²) in [7, 11) is 0. The van der Waals surface area contributed by atoms with Crippen LogP contribution in [0.15, 0.2) is 42.7 Å². The van der Waals surface area contributed by atoms with Gasteiger partial charge in [0.1, 0.15) is 5.82 Å². The van der Waals surface area contributed by atoms with Crippen molar-refractivity contribution in [3.8, 4) is 5.69 Å². The lowest BCUT2D eigenvalue weighted by Gasteiger charge is -2.06. The summed E-state index contributed by atoms with van der Waals surface area (Å²) in [6.07, 6.45) is 3.42. The van der Waals surface area contributed by atoms with E-state index in [2.05, 4.69) is 0 Å². The summed E-state index contributed by atoms with van der Waals surface area (Å²) in [5, 5.41) is 8.91. The lowest BCUT2D eigenvalue weighted by Crippen LogP contribution is -2.04. The van der Waals surface area contributed by atoms with E-state index in [0.717, 1.165) is 6.07 Å². The molecule has 0 aliphatic rings. The van der Waals surface area contributed by atoms with Gasteiger partial charge in [-0.05, 0) is 30.3 Å². The molecule has 1 aromatic carbocycles. The standard InChI is InChI=1S/C11H8FNO2/c12-8-3-4-10(9(7-8)11(14)15)13-5-1-2-6-13/h1-7H,(H,14,15). The number of halogens is 1. The van der Waals surface area contributed by atoms with Gasteiger partial charge in [-0.15, -0.1) is 0 Å². The first-order valence-corrected chi connectivity index (χ1v) is 4.34. The van der Waals surface area contributed by atoms with Gasteiger partial charge in [-0.1, -0.05) is 0 Å². The summed E-state index contributed by atoms with van der Waals surface area (Å²) < 4.78 is 14.5. The van der Waals surface area contributed by atoms with Crippen molar-refractivity contribution in [2.24, 2.45) is 0 Å². The van der Waals surface area contributed by atoms with E-state index in [-0.39, 0.29) is 5.56 Å². The molecule has 15 heavy (non-hydrogen) atoms. The van der Waals surface area contributed by atoms with Crippen molar-refractivity contribution < 1.29 is 14.3 Å². The number of carboxylic acid groups (broad SMARTS) is 1. The highest BCUT2D eigenvalue weighted by Gasteiger charge is 2.11. The second-order valence-corrected chi connectivity index (χ2v) is 3.06. The molecule has 0 atom stereocenters. The minimum Gasteiger partial charge on any atom is -0.478 e. The first-order valence-electron chi connectivity index (χ1n) is 4.34. The van der Waals surface area contributed by atoms with Gasteiger partial charge < -0.3 is 9.67 Å². The summed E-state index contributed by atoms with van der Waals surface area (Å²) >= 11 is 0. The highest BCUT2D eigenvalue weighted by molar-refractivity contribution is 5.91. The quantitative estimate of drug-likeness (QED) is 0.817. The van der Waals surface area contributed by atoms with Crippen LogP contribution in [0.3, 0.4) is 0 Å². The van der Waals surface area contributed by atoms with Crippen LogP contribution in [0.1, 0.15) is 10.4 Å². The van der Waals surface area contributed by atoms with Crippen molar-refractivity contribution in [3.63, 3.8) is 0 Å². The molecule has 1 aromatic heterocycles. The summed E-state index contributed by atoms with van der Waals surface area (Å²) in [4.78, 5) is 10.9. The van der Waals surface area contributed by atoms with E-state index in [1.54, 1.807) is 29.1 Å². The number of hydrogen-bond donors (Lipinski definition) is 1. The Kier molecular flexibility index (Phi) is 2.25. The normalized spacial score (nSPS) is 10.2. The molecule has 76 valence electrons. The van der Waals surface area contributed by atoms with Crippen LogP contribution in [0.5, 0.6) is 0 Å². The molecule has 0 bridgehead atoms. The molecule has 1 N–H and O–H groups in total. The number of benzene rings is 1. The van der Waals surface area contributed by atoms with Gasteiger partial charge >= 0.3 is 5.97 Å². The molecule has 0 aliphatic heterocycles. The molecule has 0 spiro atoms. The zero-order valence-corrected chi connectivity index (χ0v) is 7.72. The number of aromatic carboxylic acids is 1. The average Bonchev–Trinajstić information content (AvgIpc) is 2.70. The van der Waals surface area contributed by atoms with Crippen molar-refractivity contribution in [3.05, 3.63) is 54.1 Å². The Hall–Kier alpha value is -2.10. The second-order valence-electron chi connectivity index (χ2n) is 3.06. The molecule has 0 radical (unpaired) electrons. The molecule has 0 unspecified atom stereocenters. The summed E-state index contributed by atoms with van der Waals surface area (Å²) in [6.45, 7) is 0. The lowest BCUT2D eigenvalue weighted by molar-refractivity contribution is 0.0696. The number of rotatable bonds is 2. The van der Waals surface area contributed by atoms with Gasteiger partial charge in [0.15, 0.2) is 0 Å². The van der Waals surface area contributed by atoms with E-state index in [1.165, 1.54) is 12.1 Å². The zero-order valence-electron chi connectivity index (χ0n) is 7.72. The van der Waals surface area contributed by atoms with E-state index in [0.29, 0.717) is 5.69 Å². The molecule has 0 amide bonds. The summed E-state index contributed by atoms with van der Waals surface area (Å²) in [5.41, 5.74) is 0.403. The van der Waals surface area contributed by atoms with Crippen LogP contribution < -0.4 is 0 Å². The highest BCUT2D eigenvalue weighted by atomic mass is 19.1. The summed E-state index contributed by atoms with van der Waals surface area (Å²) in [6, 6.07) is 7.24. The van der Waals surface area contributed by atoms with Crippen molar-refractivity contribution in [2.45, 2.75) is 0 Å². The van der Waals surface area contributed by atoms with E-state index in [1.807, 2.05) is 0 Å². The average molecular weight is 205 g/mol. The summed E-state index contributed by atoms with van der Waals surface area (Å²) in [5.74, 6) is -1.69. The first kappa shape index (κ1) is 9.45. The van der Waals surface area contributed by atoms with Crippen LogP contribution in [0.4, 0.5) is 4.39 Å². The van der Waals surface area contributed by atoms with Crippen molar-refractivity contribution in [2.75, 3.05) is 0 Å². The molecule has 0 saturated heterocycles. The predicted molar refractivity (Wildman–Crippen MR) is 52.7 cm³/mol. The molecule has 2 rings (SSSR count). The third-order valence-corrected chi connectivity index (χ3v) is 2.07. The Bertz CT molecular complexity index is 491. The highest BCUT2D eigenvalue weighted by Crippen LogP contribution is 2.16. The Balaban J connectivity index is 2.61. The van der Waals surface area contributed by atoms with Crippen LogP contribution in [0.2, 0.25) is 0 Å². The van der Waals surface area contributed by atoms with Gasteiger partial charge in [0, 0.05) is 12.4 Å². The molecule has 1 heterocycles. The van der Waals surface area contributed by atoms with Gasteiger partial charge in [-0.3, -0.25) is 0 Å². The smallest absolute Gasteiger partial charge is 0.337 e. The maximum absolute atomic E-state index is 12.9. The van der Waals surface area contributed by atoms with Crippen LogP contribution in [-0.4, -0.2) is 15.6 Å². The van der Waals surface area contributed by atoms with Crippen LogP contribution >= 0.6 is 0 Å². The Morgan fingerprint density at radius 2 is 1.93 bits per heavy atom. The lowest BCUT2D eigenvalue weighted by atomic mass is 10.1. The SMILES string of the molecule is O=C(O)c1cc(F)ccc1-n1cccc1. The second kappa shape index (κ2) is 3.57.